The van der Waals surface area contributed by atoms with E-state index in [0.717, 1.165) is 35.9 Å². The first kappa shape index (κ1) is 21.1. The molecule has 0 aliphatic carbocycles. The van der Waals surface area contributed by atoms with Crippen molar-refractivity contribution in [1.29, 1.82) is 0 Å². The second-order valence-electron chi connectivity index (χ2n) is 6.89. The van der Waals surface area contributed by atoms with Crippen molar-refractivity contribution < 1.29 is 9.47 Å². The molecule has 0 amide bonds. The standard InChI is InChI=1S/C21H26ClNO2.BrH/c1-14(11-15-5-7-17(22)8-6-15)21-18-13-20(25-4)19(24-3)12-16(18)9-10-23(21)2;/h5-8,12-14,21H,9-11H2,1-4H3;1H. The summed E-state index contributed by atoms with van der Waals surface area (Å²) in [6.07, 6.45) is 2.05. The van der Waals surface area contributed by atoms with Crippen LogP contribution >= 0.6 is 28.6 Å². The molecule has 0 radical (unpaired) electrons. The number of hydrogen-bond donors (Lipinski definition) is 0. The van der Waals surface area contributed by atoms with Crippen molar-refractivity contribution in [2.75, 3.05) is 27.8 Å². The predicted molar refractivity (Wildman–Crippen MR) is 113 cm³/mol. The van der Waals surface area contributed by atoms with Crippen LogP contribution in [0.4, 0.5) is 0 Å². The largest absolute Gasteiger partial charge is 0.493 e. The molecule has 1 aliphatic rings. The van der Waals surface area contributed by atoms with Gasteiger partial charge in [-0.25, -0.2) is 0 Å². The highest BCUT2D eigenvalue weighted by Crippen LogP contribution is 2.41. The van der Waals surface area contributed by atoms with Gasteiger partial charge >= 0.3 is 0 Å². The Morgan fingerprint density at radius 3 is 2.35 bits per heavy atom. The van der Waals surface area contributed by atoms with Crippen molar-refractivity contribution in [3.8, 4) is 11.5 Å². The van der Waals surface area contributed by atoms with Crippen LogP contribution in [0, 0.1) is 5.92 Å². The third kappa shape index (κ3) is 4.36. The minimum absolute atomic E-state index is 0. The molecule has 26 heavy (non-hydrogen) atoms. The van der Waals surface area contributed by atoms with Gasteiger partial charge < -0.3 is 9.47 Å². The number of methoxy groups -OCH3 is 2. The fourth-order valence-corrected chi connectivity index (χ4v) is 4.07. The van der Waals surface area contributed by atoms with Gasteiger partial charge in [0.25, 0.3) is 0 Å². The first-order valence-corrected chi connectivity index (χ1v) is 9.10. The lowest BCUT2D eigenvalue weighted by molar-refractivity contribution is 0.171. The zero-order valence-electron chi connectivity index (χ0n) is 15.8. The van der Waals surface area contributed by atoms with E-state index in [1.54, 1.807) is 14.2 Å². The van der Waals surface area contributed by atoms with Gasteiger partial charge in [-0.2, -0.15) is 0 Å². The van der Waals surface area contributed by atoms with Gasteiger partial charge in [0.05, 0.1) is 14.2 Å². The summed E-state index contributed by atoms with van der Waals surface area (Å²) in [5.74, 6) is 2.10. The third-order valence-corrected chi connectivity index (χ3v) is 5.43. The highest BCUT2D eigenvalue weighted by molar-refractivity contribution is 8.93. The minimum Gasteiger partial charge on any atom is -0.493 e. The van der Waals surface area contributed by atoms with Crippen molar-refractivity contribution >= 4 is 28.6 Å². The Labute approximate surface area is 172 Å². The summed E-state index contributed by atoms with van der Waals surface area (Å²) in [5.41, 5.74) is 4.04. The van der Waals surface area contributed by atoms with Crippen molar-refractivity contribution in [2.45, 2.75) is 25.8 Å². The number of hydrogen-bond acceptors (Lipinski definition) is 3. The van der Waals surface area contributed by atoms with Crippen LogP contribution in [0.2, 0.25) is 5.02 Å². The van der Waals surface area contributed by atoms with E-state index in [2.05, 4.69) is 43.1 Å². The molecule has 1 heterocycles. The van der Waals surface area contributed by atoms with Crippen molar-refractivity contribution in [3.63, 3.8) is 0 Å². The average molecular weight is 441 g/mol. The lowest BCUT2D eigenvalue weighted by atomic mass is 9.82. The molecule has 1 aliphatic heterocycles. The van der Waals surface area contributed by atoms with E-state index >= 15 is 0 Å². The van der Waals surface area contributed by atoms with E-state index in [4.69, 9.17) is 21.1 Å². The van der Waals surface area contributed by atoms with E-state index in [0.29, 0.717) is 12.0 Å². The molecule has 3 nitrogen and oxygen atoms in total. The number of benzene rings is 2. The highest BCUT2D eigenvalue weighted by atomic mass is 79.9. The Morgan fingerprint density at radius 1 is 1.12 bits per heavy atom. The second-order valence-corrected chi connectivity index (χ2v) is 7.33. The zero-order chi connectivity index (χ0) is 18.0. The van der Waals surface area contributed by atoms with Crippen LogP contribution in [0.5, 0.6) is 11.5 Å². The van der Waals surface area contributed by atoms with Crippen LogP contribution in [0.15, 0.2) is 36.4 Å². The monoisotopic (exact) mass is 439 g/mol. The summed E-state index contributed by atoms with van der Waals surface area (Å²) in [7, 11) is 5.60. The van der Waals surface area contributed by atoms with E-state index < -0.39 is 0 Å². The molecule has 2 aromatic carbocycles. The molecule has 142 valence electrons. The summed E-state index contributed by atoms with van der Waals surface area (Å²) in [5, 5.41) is 0.786. The number of ether oxygens (including phenoxy) is 2. The van der Waals surface area contributed by atoms with Gasteiger partial charge in [0.2, 0.25) is 0 Å². The maximum atomic E-state index is 6.01. The summed E-state index contributed by atoms with van der Waals surface area (Å²) < 4.78 is 11.0. The lowest BCUT2D eigenvalue weighted by Gasteiger charge is -2.39. The van der Waals surface area contributed by atoms with Crippen molar-refractivity contribution in [3.05, 3.63) is 58.1 Å². The molecular weight excluding hydrogens is 414 g/mol. The average Bonchev–Trinajstić information content (AvgIpc) is 2.62. The minimum atomic E-state index is 0. The van der Waals surface area contributed by atoms with Crippen LogP contribution in [0.3, 0.4) is 0 Å². The molecule has 0 saturated heterocycles. The van der Waals surface area contributed by atoms with Crippen LogP contribution in [0.25, 0.3) is 0 Å². The number of nitrogens with zero attached hydrogens (tertiary/aromatic N) is 1. The van der Waals surface area contributed by atoms with Gasteiger partial charge in [-0.3, -0.25) is 4.90 Å². The van der Waals surface area contributed by atoms with Crippen molar-refractivity contribution in [1.82, 2.24) is 4.90 Å². The topological polar surface area (TPSA) is 21.7 Å². The predicted octanol–water partition coefficient (Wildman–Crippen LogP) is 5.34. The first-order valence-electron chi connectivity index (χ1n) is 8.73. The fraction of sp³-hybridized carbons (Fsp3) is 0.429. The molecule has 5 heteroatoms. The SMILES string of the molecule is Br.COc1cc2c(cc1OC)C(C(C)Cc1ccc(Cl)cc1)N(C)CC2. The fourth-order valence-electron chi connectivity index (χ4n) is 3.95. The molecule has 0 aromatic heterocycles. The molecule has 2 unspecified atom stereocenters. The summed E-state index contributed by atoms with van der Waals surface area (Å²) >= 11 is 6.01. The lowest BCUT2D eigenvalue weighted by Crippen LogP contribution is -2.36. The van der Waals surface area contributed by atoms with Gasteiger partial charge in [-0.1, -0.05) is 30.7 Å². The van der Waals surface area contributed by atoms with Gasteiger partial charge in [-0.05, 0) is 66.8 Å². The molecule has 0 spiro atoms. The third-order valence-electron chi connectivity index (χ3n) is 5.18. The highest BCUT2D eigenvalue weighted by Gasteiger charge is 2.30. The Bertz CT molecular complexity index is 736. The number of fused-ring (bicyclic) bond motifs is 1. The number of likely N-dealkylation sites (N-methyl/N-ethyl adjacent to an activating group) is 1. The molecule has 0 bridgehead atoms. The zero-order valence-corrected chi connectivity index (χ0v) is 18.3. The van der Waals surface area contributed by atoms with Gasteiger partial charge in [0.1, 0.15) is 0 Å². The van der Waals surface area contributed by atoms with E-state index in [1.165, 1.54) is 16.7 Å². The van der Waals surface area contributed by atoms with Gasteiger partial charge in [0, 0.05) is 17.6 Å². The van der Waals surface area contributed by atoms with E-state index in [9.17, 15) is 0 Å². The maximum absolute atomic E-state index is 6.01. The molecule has 0 fully saturated rings. The summed E-state index contributed by atoms with van der Waals surface area (Å²) in [6.45, 7) is 3.37. The van der Waals surface area contributed by atoms with Gasteiger partial charge in [0.15, 0.2) is 11.5 Å². The van der Waals surface area contributed by atoms with Crippen LogP contribution in [0.1, 0.15) is 29.7 Å². The molecule has 2 atom stereocenters. The normalized spacial score (nSPS) is 17.8. The summed E-state index contributed by atoms with van der Waals surface area (Å²) in [6, 6.07) is 12.8. The smallest absolute Gasteiger partial charge is 0.161 e. The molecule has 0 saturated carbocycles. The number of rotatable bonds is 5. The molecule has 3 rings (SSSR count). The van der Waals surface area contributed by atoms with Crippen LogP contribution in [-0.4, -0.2) is 32.7 Å². The molecule has 2 aromatic rings. The number of halogens is 2. The van der Waals surface area contributed by atoms with Crippen molar-refractivity contribution in [2.24, 2.45) is 5.92 Å². The first-order chi connectivity index (χ1) is 12.0. The van der Waals surface area contributed by atoms with Crippen LogP contribution in [-0.2, 0) is 12.8 Å². The Kier molecular flexibility index (Phi) is 7.39. The Balaban J connectivity index is 0.00000243. The van der Waals surface area contributed by atoms with Gasteiger partial charge in [-0.15, -0.1) is 17.0 Å². The van der Waals surface area contributed by atoms with E-state index in [-0.39, 0.29) is 17.0 Å². The quantitative estimate of drug-likeness (QED) is 0.626. The maximum Gasteiger partial charge on any atom is 0.161 e. The second kappa shape index (κ2) is 9.12. The summed E-state index contributed by atoms with van der Waals surface area (Å²) in [4.78, 5) is 2.45. The van der Waals surface area contributed by atoms with Crippen LogP contribution < -0.4 is 9.47 Å². The van der Waals surface area contributed by atoms with E-state index in [1.807, 2.05) is 12.1 Å². The molecular formula is C21H27BrClNO2. The molecule has 0 N–H and O–H groups in total. The Hall–Kier alpha value is -1.23. The Morgan fingerprint density at radius 2 is 1.73 bits per heavy atom.